The van der Waals surface area contributed by atoms with Gasteiger partial charge in [0, 0.05) is 25.0 Å². The number of carbonyl (C=O) groups is 1. The molecule has 7 heteroatoms. The lowest BCUT2D eigenvalue weighted by Crippen LogP contribution is -2.37. The minimum atomic E-state index is 0.185. The highest BCUT2D eigenvalue weighted by molar-refractivity contribution is 7.97. The molecule has 1 amide bonds. The summed E-state index contributed by atoms with van der Waals surface area (Å²) >= 11 is 1.65. The average molecular weight is 282 g/mol. The van der Waals surface area contributed by atoms with Crippen LogP contribution in [0.3, 0.4) is 0 Å². The first-order valence-electron chi connectivity index (χ1n) is 6.59. The molecule has 1 aromatic rings. The van der Waals surface area contributed by atoms with Crippen molar-refractivity contribution in [1.82, 2.24) is 20.4 Å². The number of nitrogens with one attached hydrogen (secondary N) is 1. The number of carbonyl (C=O) groups excluding carboxylic acids is 1. The van der Waals surface area contributed by atoms with Gasteiger partial charge in [-0.25, -0.2) is 0 Å². The summed E-state index contributed by atoms with van der Waals surface area (Å²) in [5.74, 6) is 2.16. The molecule has 0 aromatic carbocycles. The van der Waals surface area contributed by atoms with Crippen molar-refractivity contribution in [1.29, 1.82) is 0 Å². The smallest absolute Gasteiger partial charge is 0.246 e. The van der Waals surface area contributed by atoms with Crippen molar-refractivity contribution >= 4 is 17.7 Å². The second kappa shape index (κ2) is 5.50. The molecule has 3 rings (SSSR count). The summed E-state index contributed by atoms with van der Waals surface area (Å²) in [6, 6.07) is 0.780. The number of aromatic nitrogens is 2. The molecular formula is C12H18N4O2S. The van der Waals surface area contributed by atoms with Gasteiger partial charge in [0.1, 0.15) is 6.54 Å². The van der Waals surface area contributed by atoms with E-state index < -0.39 is 0 Å². The molecule has 6 nitrogen and oxygen atoms in total. The second-order valence-electron chi connectivity index (χ2n) is 5.15. The van der Waals surface area contributed by atoms with Crippen LogP contribution >= 0.6 is 11.8 Å². The van der Waals surface area contributed by atoms with E-state index in [0.717, 1.165) is 25.1 Å². The standard InChI is InChI=1S/C12H18N4O2S/c1-19-7-10-14-11(18-15-10)6-16-5-9-3-2-8(13-9)4-12(16)17/h8-9,13H,2-7H2,1H3/t8-,9+/m1/s1. The fraction of sp³-hybridized carbons (Fsp3) is 0.750. The molecule has 0 saturated carbocycles. The van der Waals surface area contributed by atoms with E-state index in [1.807, 2.05) is 11.2 Å². The highest BCUT2D eigenvalue weighted by atomic mass is 32.2. The minimum absolute atomic E-state index is 0.185. The summed E-state index contributed by atoms with van der Waals surface area (Å²) < 4.78 is 5.20. The highest BCUT2D eigenvalue weighted by Gasteiger charge is 2.33. The van der Waals surface area contributed by atoms with E-state index >= 15 is 0 Å². The molecule has 0 radical (unpaired) electrons. The van der Waals surface area contributed by atoms with Crippen LogP contribution in [0.2, 0.25) is 0 Å². The van der Waals surface area contributed by atoms with Crippen LogP contribution in [0.15, 0.2) is 4.52 Å². The van der Waals surface area contributed by atoms with Crippen molar-refractivity contribution in [2.45, 2.75) is 43.6 Å². The van der Waals surface area contributed by atoms with Crippen LogP contribution < -0.4 is 5.32 Å². The number of nitrogens with zero attached hydrogens (tertiary/aromatic N) is 3. The van der Waals surface area contributed by atoms with Crippen LogP contribution in [0, 0.1) is 0 Å². The van der Waals surface area contributed by atoms with Gasteiger partial charge in [-0.1, -0.05) is 5.16 Å². The van der Waals surface area contributed by atoms with Crippen LogP contribution in [0.25, 0.3) is 0 Å². The Morgan fingerprint density at radius 1 is 1.47 bits per heavy atom. The van der Waals surface area contributed by atoms with Crippen LogP contribution in [0.4, 0.5) is 0 Å². The van der Waals surface area contributed by atoms with Gasteiger partial charge in [-0.2, -0.15) is 16.7 Å². The monoisotopic (exact) mass is 282 g/mol. The molecule has 0 unspecified atom stereocenters. The predicted octanol–water partition coefficient (Wildman–Crippen LogP) is 0.785. The molecule has 104 valence electrons. The maximum Gasteiger partial charge on any atom is 0.246 e. The summed E-state index contributed by atoms with van der Waals surface area (Å²) in [6.07, 6.45) is 4.84. The van der Waals surface area contributed by atoms with Gasteiger partial charge in [-0.15, -0.1) is 0 Å². The first-order valence-corrected chi connectivity index (χ1v) is 7.98. The number of hydrogen-bond acceptors (Lipinski definition) is 6. The van der Waals surface area contributed by atoms with Crippen LogP contribution in [-0.2, 0) is 17.1 Å². The summed E-state index contributed by atoms with van der Waals surface area (Å²) in [7, 11) is 0. The van der Waals surface area contributed by atoms with Gasteiger partial charge < -0.3 is 14.7 Å². The SMILES string of the molecule is CSCc1noc(CN2C[C@@H]3CC[C@H](CC2=O)N3)n1. The minimum Gasteiger partial charge on any atom is -0.337 e. The van der Waals surface area contributed by atoms with E-state index in [1.165, 1.54) is 0 Å². The highest BCUT2D eigenvalue weighted by Crippen LogP contribution is 2.22. The van der Waals surface area contributed by atoms with E-state index in [4.69, 9.17) is 4.52 Å². The molecule has 2 aliphatic rings. The van der Waals surface area contributed by atoms with Gasteiger partial charge in [-0.05, 0) is 19.1 Å². The van der Waals surface area contributed by atoms with Crippen molar-refractivity contribution in [3.05, 3.63) is 11.7 Å². The fourth-order valence-corrected chi connectivity index (χ4v) is 3.15. The number of fused-ring (bicyclic) bond motifs is 2. The van der Waals surface area contributed by atoms with E-state index in [1.54, 1.807) is 11.8 Å². The number of hydrogen-bond donors (Lipinski definition) is 1. The van der Waals surface area contributed by atoms with Gasteiger partial charge in [0.05, 0.1) is 5.75 Å². The molecule has 19 heavy (non-hydrogen) atoms. The van der Waals surface area contributed by atoms with Crippen molar-refractivity contribution in [3.63, 3.8) is 0 Å². The third-order valence-electron chi connectivity index (χ3n) is 3.66. The molecule has 2 aliphatic heterocycles. The average Bonchev–Trinajstić information content (AvgIpc) is 2.95. The van der Waals surface area contributed by atoms with Gasteiger partial charge >= 0.3 is 0 Å². The Kier molecular flexibility index (Phi) is 3.74. The summed E-state index contributed by atoms with van der Waals surface area (Å²) in [4.78, 5) is 18.3. The third kappa shape index (κ3) is 2.92. The van der Waals surface area contributed by atoms with E-state index in [-0.39, 0.29) is 5.91 Å². The molecule has 2 saturated heterocycles. The molecule has 2 fully saturated rings. The number of likely N-dealkylation sites (tertiary alicyclic amines) is 1. The molecular weight excluding hydrogens is 264 g/mol. The Hall–Kier alpha value is -1.08. The summed E-state index contributed by atoms with van der Waals surface area (Å²) in [6.45, 7) is 1.18. The molecule has 3 heterocycles. The molecule has 0 spiro atoms. The quantitative estimate of drug-likeness (QED) is 0.880. The van der Waals surface area contributed by atoms with Crippen LogP contribution in [0.1, 0.15) is 31.0 Å². The lowest BCUT2D eigenvalue weighted by Gasteiger charge is -2.22. The van der Waals surface area contributed by atoms with Gasteiger partial charge in [0.15, 0.2) is 5.82 Å². The van der Waals surface area contributed by atoms with E-state index in [9.17, 15) is 4.79 Å². The van der Waals surface area contributed by atoms with E-state index in [0.29, 0.717) is 36.8 Å². The van der Waals surface area contributed by atoms with Crippen molar-refractivity contribution in [2.75, 3.05) is 12.8 Å². The Labute approximate surface area is 116 Å². The van der Waals surface area contributed by atoms with Crippen molar-refractivity contribution < 1.29 is 9.32 Å². The Morgan fingerprint density at radius 2 is 2.32 bits per heavy atom. The fourth-order valence-electron chi connectivity index (χ4n) is 2.77. The summed E-state index contributed by atoms with van der Waals surface area (Å²) in [5, 5.41) is 7.40. The summed E-state index contributed by atoms with van der Waals surface area (Å²) in [5.41, 5.74) is 0. The normalized spacial score (nSPS) is 26.8. The van der Waals surface area contributed by atoms with Crippen molar-refractivity contribution in [2.24, 2.45) is 0 Å². The molecule has 1 N–H and O–H groups in total. The topological polar surface area (TPSA) is 71.3 Å². The maximum atomic E-state index is 12.1. The van der Waals surface area contributed by atoms with Crippen LogP contribution in [0.5, 0.6) is 0 Å². The molecule has 0 aliphatic carbocycles. The first-order chi connectivity index (χ1) is 9.24. The number of amides is 1. The maximum absolute atomic E-state index is 12.1. The van der Waals surface area contributed by atoms with Gasteiger partial charge in [0.2, 0.25) is 11.8 Å². The van der Waals surface area contributed by atoms with Crippen molar-refractivity contribution in [3.8, 4) is 0 Å². The lowest BCUT2D eigenvalue weighted by atomic mass is 10.1. The number of thioether (sulfide) groups is 1. The Bertz CT molecular complexity index is 464. The zero-order valence-corrected chi connectivity index (χ0v) is 11.8. The third-order valence-corrected chi connectivity index (χ3v) is 4.21. The van der Waals surface area contributed by atoms with E-state index in [2.05, 4.69) is 15.5 Å². The van der Waals surface area contributed by atoms with Gasteiger partial charge in [0.25, 0.3) is 0 Å². The lowest BCUT2D eigenvalue weighted by molar-refractivity contribution is -0.132. The Balaban J connectivity index is 1.65. The first kappa shape index (κ1) is 12.9. The van der Waals surface area contributed by atoms with Crippen LogP contribution in [-0.4, -0.2) is 45.8 Å². The second-order valence-corrected chi connectivity index (χ2v) is 6.02. The molecule has 1 aromatic heterocycles. The van der Waals surface area contributed by atoms with Gasteiger partial charge in [-0.3, -0.25) is 4.79 Å². The predicted molar refractivity (Wildman–Crippen MR) is 71.5 cm³/mol. The number of rotatable bonds is 4. The zero-order chi connectivity index (χ0) is 13.2. The Morgan fingerprint density at radius 3 is 3.16 bits per heavy atom. The molecule has 2 atom stereocenters. The largest absolute Gasteiger partial charge is 0.337 e. The zero-order valence-electron chi connectivity index (χ0n) is 11.0. The molecule has 2 bridgehead atoms.